The number of nitrogens with zero attached hydrogens (tertiary/aromatic N) is 2. The van der Waals surface area contributed by atoms with Crippen molar-refractivity contribution in [2.24, 2.45) is 5.92 Å². The van der Waals surface area contributed by atoms with Crippen molar-refractivity contribution in [1.29, 1.82) is 0 Å². The number of hydrogen-bond donors (Lipinski definition) is 0. The highest BCUT2D eigenvalue weighted by atomic mass is 32.1. The van der Waals surface area contributed by atoms with Gasteiger partial charge < -0.3 is 4.90 Å². The molecule has 2 heterocycles. The number of aryl methyl sites for hydroxylation is 1. The van der Waals surface area contributed by atoms with Crippen LogP contribution < -0.4 is 4.90 Å². The van der Waals surface area contributed by atoms with Gasteiger partial charge in [-0.25, -0.2) is 0 Å². The topological polar surface area (TPSA) is 25.2 Å². The van der Waals surface area contributed by atoms with Crippen molar-refractivity contribution < 1.29 is 4.79 Å². The van der Waals surface area contributed by atoms with E-state index in [-0.39, 0.29) is 11.8 Å². The SMILES string of the molecule is Cc1ccc2c(c1)-c1c(sn(-c3ccc4ccccc4c3)c1=S)C(C)(C)N2C(=O)C(C)C. The lowest BCUT2D eigenvalue weighted by Gasteiger charge is -2.43. The quantitative estimate of drug-likeness (QED) is 0.288. The van der Waals surface area contributed by atoms with E-state index in [0.717, 1.165) is 37.6 Å². The Hall–Kier alpha value is -2.76. The summed E-state index contributed by atoms with van der Waals surface area (Å²) in [6.07, 6.45) is 0. The van der Waals surface area contributed by atoms with Crippen LogP contribution in [0.15, 0.2) is 60.7 Å². The van der Waals surface area contributed by atoms with Crippen molar-refractivity contribution in [3.8, 4) is 16.8 Å². The van der Waals surface area contributed by atoms with Crippen LogP contribution in [0.5, 0.6) is 0 Å². The molecule has 3 aromatic carbocycles. The summed E-state index contributed by atoms with van der Waals surface area (Å²) in [6, 6.07) is 21.1. The Bertz CT molecular complexity index is 1440. The molecule has 1 amide bonds. The summed E-state index contributed by atoms with van der Waals surface area (Å²) in [5.74, 6) is 0.0304. The standard InChI is InChI=1S/C27H26N2OS2/c1-16(2)25(30)28-22-13-10-17(3)14-21(22)23-24(27(28,4)5)32-29(26(23)31)20-12-11-18-8-6-7-9-19(18)15-20/h6-16H,1-5H3. The molecule has 1 aliphatic rings. The van der Waals surface area contributed by atoms with Crippen LogP contribution in [0.2, 0.25) is 0 Å². The second kappa shape index (κ2) is 7.39. The first kappa shape index (κ1) is 21.1. The van der Waals surface area contributed by atoms with Gasteiger partial charge in [0.1, 0.15) is 4.64 Å². The van der Waals surface area contributed by atoms with Crippen LogP contribution in [0.3, 0.4) is 0 Å². The molecular weight excluding hydrogens is 432 g/mol. The number of rotatable bonds is 2. The predicted molar refractivity (Wildman–Crippen MR) is 138 cm³/mol. The molecule has 1 aliphatic heterocycles. The van der Waals surface area contributed by atoms with Crippen LogP contribution in [0.1, 0.15) is 38.1 Å². The van der Waals surface area contributed by atoms with Crippen LogP contribution in [0, 0.1) is 17.5 Å². The molecule has 32 heavy (non-hydrogen) atoms. The molecule has 162 valence electrons. The lowest BCUT2D eigenvalue weighted by molar-refractivity contribution is -0.122. The van der Waals surface area contributed by atoms with Crippen molar-refractivity contribution in [2.75, 3.05) is 4.90 Å². The average Bonchev–Trinajstić information content (AvgIpc) is 3.12. The maximum absolute atomic E-state index is 13.4. The van der Waals surface area contributed by atoms with Gasteiger partial charge >= 0.3 is 0 Å². The van der Waals surface area contributed by atoms with Gasteiger partial charge in [0, 0.05) is 17.0 Å². The molecule has 0 N–H and O–H groups in total. The number of carbonyl (C=O) groups excluding carboxylic acids is 1. The van der Waals surface area contributed by atoms with Crippen LogP contribution in [0.4, 0.5) is 5.69 Å². The van der Waals surface area contributed by atoms with E-state index >= 15 is 0 Å². The van der Waals surface area contributed by atoms with Crippen molar-refractivity contribution >= 4 is 46.1 Å². The highest BCUT2D eigenvalue weighted by Crippen LogP contribution is 2.51. The molecule has 5 rings (SSSR count). The molecule has 4 aromatic rings. The molecule has 0 aliphatic carbocycles. The third-order valence-electron chi connectivity index (χ3n) is 6.27. The van der Waals surface area contributed by atoms with Gasteiger partial charge in [-0.3, -0.25) is 8.75 Å². The molecule has 0 atom stereocenters. The molecule has 0 saturated carbocycles. The number of fused-ring (bicyclic) bond motifs is 4. The van der Waals surface area contributed by atoms with Crippen LogP contribution in [-0.4, -0.2) is 9.86 Å². The number of anilines is 1. The molecule has 0 saturated heterocycles. The fourth-order valence-corrected chi connectivity index (χ4v) is 6.29. The van der Waals surface area contributed by atoms with Gasteiger partial charge in [0.2, 0.25) is 5.91 Å². The first-order valence-corrected chi connectivity index (χ1v) is 12.1. The Labute approximate surface area is 198 Å². The van der Waals surface area contributed by atoms with E-state index < -0.39 is 5.54 Å². The van der Waals surface area contributed by atoms with E-state index in [0.29, 0.717) is 0 Å². The zero-order valence-electron chi connectivity index (χ0n) is 19.0. The van der Waals surface area contributed by atoms with E-state index in [4.69, 9.17) is 12.2 Å². The van der Waals surface area contributed by atoms with Gasteiger partial charge in [-0.2, -0.15) is 0 Å². The van der Waals surface area contributed by atoms with Gasteiger partial charge in [-0.05, 0) is 55.8 Å². The molecule has 0 fully saturated rings. The minimum absolute atomic E-state index is 0.0967. The third kappa shape index (κ3) is 3.06. The largest absolute Gasteiger partial charge is 0.301 e. The molecular formula is C27H26N2OS2. The smallest absolute Gasteiger partial charge is 0.230 e. The maximum atomic E-state index is 13.4. The van der Waals surface area contributed by atoms with Gasteiger partial charge in [0.05, 0.1) is 21.8 Å². The Balaban J connectivity index is 1.79. The Morgan fingerprint density at radius 1 is 1.00 bits per heavy atom. The summed E-state index contributed by atoms with van der Waals surface area (Å²) >= 11 is 7.72. The lowest BCUT2D eigenvalue weighted by atomic mass is 9.85. The summed E-state index contributed by atoms with van der Waals surface area (Å²) in [5.41, 5.74) is 4.79. The highest BCUT2D eigenvalue weighted by molar-refractivity contribution is 7.71. The fraction of sp³-hybridized carbons (Fsp3) is 0.259. The Morgan fingerprint density at radius 3 is 2.44 bits per heavy atom. The first-order valence-electron chi connectivity index (χ1n) is 10.9. The van der Waals surface area contributed by atoms with Crippen molar-refractivity contribution in [1.82, 2.24) is 3.96 Å². The molecule has 5 heteroatoms. The Morgan fingerprint density at radius 2 is 1.72 bits per heavy atom. The van der Waals surface area contributed by atoms with Gasteiger partial charge in [0.25, 0.3) is 0 Å². The summed E-state index contributed by atoms with van der Waals surface area (Å²) in [4.78, 5) is 16.5. The van der Waals surface area contributed by atoms with Crippen LogP contribution in [0.25, 0.3) is 27.6 Å². The van der Waals surface area contributed by atoms with Crippen LogP contribution in [-0.2, 0) is 10.3 Å². The minimum Gasteiger partial charge on any atom is -0.301 e. The summed E-state index contributed by atoms with van der Waals surface area (Å²) < 4.78 is 2.95. The van der Waals surface area contributed by atoms with E-state index in [1.165, 1.54) is 10.8 Å². The number of hydrogen-bond acceptors (Lipinski definition) is 3. The maximum Gasteiger partial charge on any atom is 0.230 e. The average molecular weight is 459 g/mol. The number of benzene rings is 3. The van der Waals surface area contributed by atoms with Gasteiger partial charge in [0.15, 0.2) is 0 Å². The monoisotopic (exact) mass is 458 g/mol. The van der Waals surface area contributed by atoms with Crippen molar-refractivity contribution in [2.45, 2.75) is 40.2 Å². The highest BCUT2D eigenvalue weighted by Gasteiger charge is 2.44. The molecule has 0 spiro atoms. The zero-order chi connectivity index (χ0) is 22.8. The van der Waals surface area contributed by atoms with Crippen molar-refractivity contribution in [3.05, 3.63) is 75.7 Å². The molecule has 0 unspecified atom stereocenters. The normalized spacial score (nSPS) is 14.5. The zero-order valence-corrected chi connectivity index (χ0v) is 20.6. The number of carbonyl (C=O) groups is 1. The summed E-state index contributed by atoms with van der Waals surface area (Å²) in [5, 5.41) is 2.39. The lowest BCUT2D eigenvalue weighted by Crippen LogP contribution is -2.49. The number of amides is 1. The second-order valence-corrected chi connectivity index (χ2v) is 10.7. The van der Waals surface area contributed by atoms with Gasteiger partial charge in [-0.1, -0.05) is 79.6 Å². The number of aromatic nitrogens is 1. The summed E-state index contributed by atoms with van der Waals surface area (Å²) in [7, 11) is 0. The van der Waals surface area contributed by atoms with E-state index in [2.05, 4.69) is 85.4 Å². The third-order valence-corrected chi connectivity index (χ3v) is 8.23. The van der Waals surface area contributed by atoms with E-state index in [1.807, 2.05) is 18.7 Å². The van der Waals surface area contributed by atoms with E-state index in [9.17, 15) is 4.79 Å². The van der Waals surface area contributed by atoms with E-state index in [1.54, 1.807) is 11.5 Å². The molecule has 3 nitrogen and oxygen atoms in total. The minimum atomic E-state index is -0.501. The van der Waals surface area contributed by atoms with Gasteiger partial charge in [-0.15, -0.1) is 0 Å². The molecule has 0 bridgehead atoms. The second-order valence-electron chi connectivity index (χ2n) is 9.33. The summed E-state index contributed by atoms with van der Waals surface area (Å²) in [6.45, 7) is 10.3. The van der Waals surface area contributed by atoms with Crippen molar-refractivity contribution in [3.63, 3.8) is 0 Å². The van der Waals surface area contributed by atoms with Crippen LogP contribution >= 0.6 is 23.8 Å². The fourth-order valence-electron chi connectivity index (χ4n) is 4.61. The molecule has 0 radical (unpaired) electrons. The Kier molecular flexibility index (Phi) is 4.88. The first-order chi connectivity index (χ1) is 15.2. The predicted octanol–water partition coefficient (Wildman–Crippen LogP) is 7.63. The molecule has 1 aromatic heterocycles.